The van der Waals surface area contributed by atoms with Crippen LogP contribution in [0.3, 0.4) is 0 Å². The molecule has 0 spiro atoms. The maximum absolute atomic E-state index is 14.0. The highest BCUT2D eigenvalue weighted by Gasteiger charge is 2.40. The largest absolute Gasteiger partial charge is 0.447 e. The lowest BCUT2D eigenvalue weighted by Gasteiger charge is -2.29. The lowest BCUT2D eigenvalue weighted by Crippen LogP contribution is -2.44. The number of fused-ring (bicyclic) bond motifs is 1. The minimum atomic E-state index is -2.01. The SMILES string of the molecule is CC[Si](C)(C)OC(C)/C(=C\Cc1ccc2ccc(C(C)O)nc2c1)C(=O)N1C(=O)OCC1Cc1ccccc1. The first-order chi connectivity index (χ1) is 18.6. The number of imide groups is 1. The van der Waals surface area contributed by atoms with Gasteiger partial charge < -0.3 is 14.3 Å². The highest BCUT2D eigenvalue weighted by atomic mass is 28.4. The number of hydrogen-bond donors (Lipinski definition) is 1. The van der Waals surface area contributed by atoms with Gasteiger partial charge in [0.05, 0.1) is 29.5 Å². The summed E-state index contributed by atoms with van der Waals surface area (Å²) >= 11 is 0. The van der Waals surface area contributed by atoms with E-state index in [1.165, 1.54) is 4.90 Å². The Morgan fingerprint density at radius 3 is 2.56 bits per heavy atom. The summed E-state index contributed by atoms with van der Waals surface area (Å²) in [6.07, 6.45) is 1.11. The molecule has 3 atom stereocenters. The molecule has 4 rings (SSSR count). The second-order valence-corrected chi connectivity index (χ2v) is 15.2. The number of benzene rings is 2. The third-order valence-electron chi connectivity index (χ3n) is 7.29. The van der Waals surface area contributed by atoms with Crippen LogP contribution in [-0.2, 0) is 26.8 Å². The fourth-order valence-corrected chi connectivity index (χ4v) is 5.95. The average Bonchev–Trinajstić information content (AvgIpc) is 3.27. The Kier molecular flexibility index (Phi) is 9.00. The number of carbonyl (C=O) groups excluding carboxylic acids is 2. The van der Waals surface area contributed by atoms with Gasteiger partial charge in [-0.15, -0.1) is 0 Å². The summed E-state index contributed by atoms with van der Waals surface area (Å²) in [5.41, 5.74) is 3.84. The summed E-state index contributed by atoms with van der Waals surface area (Å²) in [4.78, 5) is 32.6. The number of aliphatic hydroxyl groups is 1. The maximum atomic E-state index is 14.0. The standard InChI is InChI=1S/C31H38N2O5Si/c1-6-39(4,5)38-22(3)27(16-13-24-12-14-25-15-17-28(21(2)34)32-29(25)19-24)30(35)33-26(20-37-31(33)36)18-23-10-8-7-9-11-23/h7-12,14-17,19,21-22,26,34H,6,13,18,20H2,1-5H3/b27-16+. The number of allylic oxidation sites excluding steroid dienone is 1. The van der Waals surface area contributed by atoms with E-state index in [0.29, 0.717) is 24.1 Å². The molecule has 0 radical (unpaired) electrons. The number of hydrogen-bond acceptors (Lipinski definition) is 6. The normalized spacial score (nSPS) is 17.8. The lowest BCUT2D eigenvalue weighted by atomic mass is 10.0. The molecule has 39 heavy (non-hydrogen) atoms. The van der Waals surface area contributed by atoms with Gasteiger partial charge in [-0.05, 0) is 69.1 Å². The van der Waals surface area contributed by atoms with Crippen LogP contribution in [-0.4, -0.2) is 54.1 Å². The summed E-state index contributed by atoms with van der Waals surface area (Å²) in [6, 6.07) is 20.0. The van der Waals surface area contributed by atoms with E-state index in [-0.39, 0.29) is 18.6 Å². The smallest absolute Gasteiger partial charge is 0.417 e. The summed E-state index contributed by atoms with van der Waals surface area (Å²) in [6.45, 7) is 10.1. The molecule has 1 aromatic heterocycles. The number of ether oxygens (including phenoxy) is 1. The quantitative estimate of drug-likeness (QED) is 0.249. The number of aliphatic hydroxyl groups excluding tert-OH is 1. The van der Waals surface area contributed by atoms with Crippen molar-refractivity contribution in [3.05, 3.63) is 89.1 Å². The van der Waals surface area contributed by atoms with Crippen molar-refractivity contribution in [2.45, 2.75) is 71.0 Å². The Morgan fingerprint density at radius 2 is 1.87 bits per heavy atom. The number of amides is 2. The van der Waals surface area contributed by atoms with Gasteiger partial charge in [-0.1, -0.05) is 61.5 Å². The van der Waals surface area contributed by atoms with Crippen LogP contribution in [0.5, 0.6) is 0 Å². The second kappa shape index (κ2) is 12.2. The van der Waals surface area contributed by atoms with Crippen LogP contribution in [0, 0.1) is 0 Å². The van der Waals surface area contributed by atoms with E-state index in [1.54, 1.807) is 6.92 Å². The molecule has 1 N–H and O–H groups in total. The van der Waals surface area contributed by atoms with E-state index in [9.17, 15) is 14.7 Å². The molecule has 2 aromatic carbocycles. The Balaban J connectivity index is 1.64. The second-order valence-electron chi connectivity index (χ2n) is 10.8. The number of rotatable bonds is 10. The number of carbonyl (C=O) groups is 2. The van der Waals surface area contributed by atoms with Gasteiger partial charge in [0.15, 0.2) is 8.32 Å². The molecule has 0 saturated carbocycles. The predicted molar refractivity (Wildman–Crippen MR) is 155 cm³/mol. The minimum Gasteiger partial charge on any atom is -0.447 e. The summed E-state index contributed by atoms with van der Waals surface area (Å²) in [5.74, 6) is -0.373. The van der Waals surface area contributed by atoms with E-state index < -0.39 is 26.6 Å². The highest BCUT2D eigenvalue weighted by Crippen LogP contribution is 2.25. The fraction of sp³-hybridized carbons (Fsp3) is 0.387. The van der Waals surface area contributed by atoms with Crippen molar-refractivity contribution in [2.75, 3.05) is 6.61 Å². The monoisotopic (exact) mass is 546 g/mol. The van der Waals surface area contributed by atoms with Gasteiger partial charge in [-0.25, -0.2) is 9.69 Å². The van der Waals surface area contributed by atoms with Crippen LogP contribution in [0.25, 0.3) is 10.9 Å². The van der Waals surface area contributed by atoms with Crippen LogP contribution in [0.15, 0.2) is 72.3 Å². The topological polar surface area (TPSA) is 89.0 Å². The zero-order chi connectivity index (χ0) is 28.2. The molecule has 1 aliphatic heterocycles. The van der Waals surface area contributed by atoms with E-state index in [1.807, 2.05) is 73.7 Å². The van der Waals surface area contributed by atoms with Crippen molar-refractivity contribution in [3.8, 4) is 0 Å². The molecule has 3 aromatic rings. The van der Waals surface area contributed by atoms with Crippen molar-refractivity contribution in [3.63, 3.8) is 0 Å². The molecule has 1 aliphatic rings. The molecule has 7 nitrogen and oxygen atoms in total. The first-order valence-corrected chi connectivity index (χ1v) is 16.7. The van der Waals surface area contributed by atoms with E-state index >= 15 is 0 Å². The Labute approximate surface area is 231 Å². The number of aromatic nitrogens is 1. The van der Waals surface area contributed by atoms with Crippen molar-refractivity contribution < 1.29 is 23.9 Å². The molecule has 3 unspecified atom stereocenters. The molecular formula is C31H38N2O5Si. The summed E-state index contributed by atoms with van der Waals surface area (Å²) < 4.78 is 11.8. The Morgan fingerprint density at radius 1 is 1.15 bits per heavy atom. The summed E-state index contributed by atoms with van der Waals surface area (Å²) in [7, 11) is -2.01. The minimum absolute atomic E-state index is 0.166. The van der Waals surface area contributed by atoms with Crippen LogP contribution in [0.1, 0.15) is 43.7 Å². The van der Waals surface area contributed by atoms with Gasteiger partial charge in [-0.3, -0.25) is 9.78 Å². The molecular weight excluding hydrogens is 508 g/mol. The van der Waals surface area contributed by atoms with Gasteiger partial charge in [0.1, 0.15) is 6.61 Å². The molecule has 8 heteroatoms. The highest BCUT2D eigenvalue weighted by molar-refractivity contribution is 6.71. The third-order valence-corrected chi connectivity index (χ3v) is 9.98. The van der Waals surface area contributed by atoms with Gasteiger partial charge in [0.2, 0.25) is 0 Å². The molecule has 1 fully saturated rings. The van der Waals surface area contributed by atoms with Crippen LogP contribution in [0.4, 0.5) is 4.79 Å². The van der Waals surface area contributed by atoms with Gasteiger partial charge >= 0.3 is 6.09 Å². The average molecular weight is 547 g/mol. The first kappa shape index (κ1) is 28.7. The molecule has 0 aliphatic carbocycles. The summed E-state index contributed by atoms with van der Waals surface area (Å²) in [5, 5.41) is 10.9. The zero-order valence-corrected chi connectivity index (χ0v) is 24.4. The van der Waals surface area contributed by atoms with E-state index in [2.05, 4.69) is 25.0 Å². The molecule has 1 saturated heterocycles. The maximum Gasteiger partial charge on any atom is 0.417 e. The van der Waals surface area contributed by atoms with Crippen molar-refractivity contribution >= 4 is 31.2 Å². The van der Waals surface area contributed by atoms with Crippen LogP contribution in [0.2, 0.25) is 19.1 Å². The van der Waals surface area contributed by atoms with Crippen LogP contribution >= 0.6 is 0 Å². The first-order valence-electron chi connectivity index (χ1n) is 13.6. The van der Waals surface area contributed by atoms with Crippen molar-refractivity contribution in [1.29, 1.82) is 0 Å². The number of nitrogens with zero attached hydrogens (tertiary/aromatic N) is 2. The van der Waals surface area contributed by atoms with Gasteiger partial charge in [0, 0.05) is 11.0 Å². The number of pyridine rings is 1. The number of cyclic esters (lactones) is 1. The van der Waals surface area contributed by atoms with Crippen LogP contribution < -0.4 is 0 Å². The van der Waals surface area contributed by atoms with Gasteiger partial charge in [-0.2, -0.15) is 0 Å². The van der Waals surface area contributed by atoms with Gasteiger partial charge in [0.25, 0.3) is 5.91 Å². The van der Waals surface area contributed by atoms with E-state index in [0.717, 1.165) is 28.1 Å². The predicted octanol–water partition coefficient (Wildman–Crippen LogP) is 5.98. The Bertz CT molecular complexity index is 1360. The zero-order valence-electron chi connectivity index (χ0n) is 23.4. The van der Waals surface area contributed by atoms with E-state index in [4.69, 9.17) is 9.16 Å². The third kappa shape index (κ3) is 7.01. The lowest BCUT2D eigenvalue weighted by molar-refractivity contribution is -0.126. The van der Waals surface area contributed by atoms with Crippen molar-refractivity contribution in [1.82, 2.24) is 9.88 Å². The molecule has 2 heterocycles. The molecule has 206 valence electrons. The fourth-order valence-electron chi connectivity index (χ4n) is 4.70. The van der Waals surface area contributed by atoms with Crippen molar-refractivity contribution in [2.24, 2.45) is 0 Å². The molecule has 0 bridgehead atoms. The Hall–Kier alpha value is -3.33. The molecule has 2 amide bonds.